The minimum absolute atomic E-state index is 0.191. The summed E-state index contributed by atoms with van der Waals surface area (Å²) in [5.41, 5.74) is 11.5. The Hall–Kier alpha value is -2.59. The van der Waals surface area contributed by atoms with Crippen molar-refractivity contribution in [3.63, 3.8) is 0 Å². The van der Waals surface area contributed by atoms with Crippen LogP contribution in [-0.2, 0) is 14.3 Å². The van der Waals surface area contributed by atoms with E-state index in [9.17, 15) is 9.59 Å². The highest BCUT2D eigenvalue weighted by molar-refractivity contribution is 6.24. The van der Waals surface area contributed by atoms with Crippen LogP contribution in [0.1, 0.15) is 47.0 Å². The Morgan fingerprint density at radius 1 is 1.21 bits per heavy atom. The fraction of sp³-hybridized carbons (Fsp3) is 0.444. The van der Waals surface area contributed by atoms with Crippen LogP contribution in [0.15, 0.2) is 51.0 Å². The predicted molar refractivity (Wildman–Crippen MR) is 92.9 cm³/mol. The van der Waals surface area contributed by atoms with Gasteiger partial charge in [-0.25, -0.2) is 0 Å². The van der Waals surface area contributed by atoms with Gasteiger partial charge in [0.2, 0.25) is 5.78 Å². The summed E-state index contributed by atoms with van der Waals surface area (Å²) in [6.07, 6.45) is 6.26. The van der Waals surface area contributed by atoms with Gasteiger partial charge >= 0.3 is 0 Å². The molecule has 128 valence electrons. The van der Waals surface area contributed by atoms with Gasteiger partial charge in [0.25, 0.3) is 0 Å². The Balaban J connectivity index is 3.01. The molecule has 0 aromatic carbocycles. The highest BCUT2D eigenvalue weighted by atomic mass is 16.5. The fourth-order valence-electron chi connectivity index (χ4n) is 2.37. The predicted octanol–water partition coefficient (Wildman–Crippen LogP) is 4.71. The largest absolute Gasteiger partial charge is 0.492 e. The van der Waals surface area contributed by atoms with Crippen LogP contribution in [0.5, 0.6) is 0 Å². The lowest BCUT2D eigenvalue weighted by molar-refractivity contribution is -0.118. The van der Waals surface area contributed by atoms with Crippen molar-refractivity contribution in [3.05, 3.63) is 56.3 Å². The van der Waals surface area contributed by atoms with Gasteiger partial charge in [-0.05, 0) is 52.5 Å². The maximum Gasteiger partial charge on any atom is 0.224 e. The Morgan fingerprint density at radius 3 is 2.42 bits per heavy atom. The third kappa shape index (κ3) is 4.70. The van der Waals surface area contributed by atoms with Crippen molar-refractivity contribution in [3.8, 4) is 0 Å². The molecule has 0 fully saturated rings. The van der Waals surface area contributed by atoms with Gasteiger partial charge in [-0.2, -0.15) is 0 Å². The van der Waals surface area contributed by atoms with Crippen LogP contribution in [0, 0.1) is 0 Å². The lowest BCUT2D eigenvalue weighted by Gasteiger charge is -2.18. The van der Waals surface area contributed by atoms with Gasteiger partial charge in [0.15, 0.2) is 11.5 Å². The van der Waals surface area contributed by atoms with Crippen LogP contribution in [0.3, 0.4) is 0 Å². The molecule has 6 nitrogen and oxygen atoms in total. The Kier molecular flexibility index (Phi) is 7.21. The highest BCUT2D eigenvalue weighted by Crippen LogP contribution is 2.28. The molecule has 0 radical (unpaired) electrons. The number of Topliss-reactive ketones (excluding diaryl/α,β-unsaturated/α-hetero) is 2. The number of hydrogen-bond acceptors (Lipinski definition) is 4. The molecule has 0 amide bonds. The van der Waals surface area contributed by atoms with E-state index >= 15 is 0 Å². The molecule has 0 spiro atoms. The Morgan fingerprint density at radius 2 is 1.88 bits per heavy atom. The smallest absolute Gasteiger partial charge is 0.224 e. The molecular formula is C18H23N3O3. The van der Waals surface area contributed by atoms with E-state index in [-0.39, 0.29) is 11.5 Å². The second-order valence-electron chi connectivity index (χ2n) is 5.91. The van der Waals surface area contributed by atoms with E-state index in [1.807, 2.05) is 13.0 Å². The Bertz CT molecular complexity index is 714. The van der Waals surface area contributed by atoms with Crippen LogP contribution < -0.4 is 0 Å². The normalized spacial score (nSPS) is 15.5. The monoisotopic (exact) mass is 329 g/mol. The summed E-state index contributed by atoms with van der Waals surface area (Å²) < 4.78 is 4.95. The van der Waals surface area contributed by atoms with E-state index in [4.69, 9.17) is 10.3 Å². The quantitative estimate of drug-likeness (QED) is 0.223. The van der Waals surface area contributed by atoms with Crippen molar-refractivity contribution in [2.45, 2.75) is 47.0 Å². The van der Waals surface area contributed by atoms with Crippen molar-refractivity contribution in [1.29, 1.82) is 0 Å². The first-order valence-electron chi connectivity index (χ1n) is 7.75. The zero-order valence-corrected chi connectivity index (χ0v) is 14.8. The molecule has 0 aliphatic heterocycles. The van der Waals surface area contributed by atoms with Crippen LogP contribution in [0.25, 0.3) is 10.4 Å². The van der Waals surface area contributed by atoms with Gasteiger partial charge in [-0.3, -0.25) is 9.59 Å². The molecule has 0 atom stereocenters. The van der Waals surface area contributed by atoms with Gasteiger partial charge < -0.3 is 4.74 Å². The summed E-state index contributed by atoms with van der Waals surface area (Å²) in [4.78, 5) is 27.4. The molecule has 0 N–H and O–H groups in total. The summed E-state index contributed by atoms with van der Waals surface area (Å²) in [5, 5.41) is 3.35. The number of ether oxygens (including phenoxy) is 1. The minimum atomic E-state index is -0.449. The molecule has 1 aliphatic carbocycles. The molecule has 0 aromatic heterocycles. The molecule has 1 rings (SSSR count). The molecule has 0 saturated carbocycles. The molecule has 0 unspecified atom stereocenters. The van der Waals surface area contributed by atoms with E-state index in [2.05, 4.69) is 29.9 Å². The number of carbonyl (C=O) groups is 2. The number of ketones is 2. The lowest BCUT2D eigenvalue weighted by Crippen LogP contribution is -2.23. The van der Waals surface area contributed by atoms with Crippen LogP contribution >= 0.6 is 0 Å². The summed E-state index contributed by atoms with van der Waals surface area (Å²) in [6, 6.07) is 0. The van der Waals surface area contributed by atoms with E-state index in [1.165, 1.54) is 12.7 Å². The van der Waals surface area contributed by atoms with Gasteiger partial charge in [0, 0.05) is 16.1 Å². The van der Waals surface area contributed by atoms with E-state index < -0.39 is 11.6 Å². The molecule has 24 heavy (non-hydrogen) atoms. The van der Waals surface area contributed by atoms with Crippen molar-refractivity contribution in [2.75, 3.05) is 7.11 Å². The van der Waals surface area contributed by atoms with E-state index in [0.29, 0.717) is 17.6 Å². The van der Waals surface area contributed by atoms with Crippen LogP contribution in [0.2, 0.25) is 0 Å². The first-order valence-corrected chi connectivity index (χ1v) is 7.75. The standard InChI is InChI=1S/C18H23N3O3/c1-11(2)7-6-8-12(3)9-10-14-13(4)16(22)18(24-5)15(17(14)23)20-21-19/h7,9H,6,8,10H2,1-5H3/b12-9+. The highest BCUT2D eigenvalue weighted by Gasteiger charge is 2.32. The van der Waals surface area contributed by atoms with Crippen LogP contribution in [-0.4, -0.2) is 18.7 Å². The maximum absolute atomic E-state index is 12.5. The molecule has 0 aromatic rings. The zero-order valence-electron chi connectivity index (χ0n) is 14.8. The summed E-state index contributed by atoms with van der Waals surface area (Å²) in [5.74, 6) is -1.05. The number of nitrogens with zero attached hydrogens (tertiary/aromatic N) is 3. The Labute approximate surface area is 142 Å². The molecule has 6 heteroatoms. The van der Waals surface area contributed by atoms with Crippen molar-refractivity contribution >= 4 is 11.6 Å². The average molecular weight is 329 g/mol. The van der Waals surface area contributed by atoms with Gasteiger partial charge in [0.05, 0.1) is 7.11 Å². The van der Waals surface area contributed by atoms with Gasteiger partial charge in [-0.15, -0.1) is 0 Å². The number of hydrogen-bond donors (Lipinski definition) is 0. The zero-order chi connectivity index (χ0) is 18.3. The number of carbonyl (C=O) groups excluding carboxylic acids is 2. The third-order valence-corrected chi connectivity index (χ3v) is 3.80. The third-order valence-electron chi connectivity index (χ3n) is 3.80. The second-order valence-corrected chi connectivity index (χ2v) is 5.91. The second kappa shape index (κ2) is 8.89. The molecule has 1 aliphatic rings. The average Bonchev–Trinajstić information content (AvgIpc) is 2.52. The van der Waals surface area contributed by atoms with E-state index in [0.717, 1.165) is 18.4 Å². The van der Waals surface area contributed by atoms with E-state index in [1.54, 1.807) is 6.92 Å². The minimum Gasteiger partial charge on any atom is -0.492 e. The topological polar surface area (TPSA) is 92.1 Å². The van der Waals surface area contributed by atoms with Crippen molar-refractivity contribution in [2.24, 2.45) is 5.11 Å². The number of rotatable bonds is 7. The van der Waals surface area contributed by atoms with Crippen molar-refractivity contribution in [1.82, 2.24) is 0 Å². The molecule has 0 heterocycles. The number of azide groups is 1. The fourth-order valence-corrected chi connectivity index (χ4v) is 2.37. The molecule has 0 saturated heterocycles. The summed E-state index contributed by atoms with van der Waals surface area (Å²) in [6.45, 7) is 7.69. The van der Waals surface area contributed by atoms with Gasteiger partial charge in [0.1, 0.15) is 5.70 Å². The number of allylic oxidation sites excluding steroid dienone is 6. The number of methoxy groups -OCH3 is 1. The van der Waals surface area contributed by atoms with Gasteiger partial charge in [-0.1, -0.05) is 28.4 Å². The maximum atomic E-state index is 12.5. The summed E-state index contributed by atoms with van der Waals surface area (Å²) >= 11 is 0. The van der Waals surface area contributed by atoms with Crippen LogP contribution in [0.4, 0.5) is 0 Å². The molecule has 0 bridgehead atoms. The first kappa shape index (κ1) is 19.5. The molecular weight excluding hydrogens is 306 g/mol. The summed E-state index contributed by atoms with van der Waals surface area (Å²) in [7, 11) is 1.28. The first-order chi connectivity index (χ1) is 11.3. The lowest BCUT2D eigenvalue weighted by atomic mass is 9.89. The van der Waals surface area contributed by atoms with Crippen molar-refractivity contribution < 1.29 is 14.3 Å². The SMILES string of the molecule is COC1=C(N=[N+]=[N-])C(=O)C(C/C=C(\C)CCC=C(C)C)=C(C)C1=O.